The Labute approximate surface area is 361 Å². The van der Waals surface area contributed by atoms with Gasteiger partial charge in [0.1, 0.15) is 41.2 Å². The molecule has 0 amide bonds. The number of nitrogens with zero attached hydrogens (tertiary/aromatic N) is 4. The van der Waals surface area contributed by atoms with Gasteiger partial charge in [0.2, 0.25) is 0 Å². The van der Waals surface area contributed by atoms with Gasteiger partial charge in [-0.15, -0.1) is 0 Å². The third kappa shape index (κ3) is 9.21. The van der Waals surface area contributed by atoms with Crippen molar-refractivity contribution in [1.82, 2.24) is 14.5 Å². The molecule has 1 saturated carbocycles. The maximum absolute atomic E-state index is 14.8. The molecule has 3 saturated heterocycles. The fraction of sp³-hybridized carbons (Fsp3) is 0.489. The molecule has 1 aliphatic carbocycles. The Morgan fingerprint density at radius 2 is 1.56 bits per heavy atom. The van der Waals surface area contributed by atoms with Crippen molar-refractivity contribution >= 4 is 29.8 Å². The van der Waals surface area contributed by atoms with Crippen LogP contribution in [0.15, 0.2) is 94.8 Å². The van der Waals surface area contributed by atoms with Gasteiger partial charge in [-0.1, -0.05) is 67.4 Å². The number of amidine groups is 1. The second-order valence-corrected chi connectivity index (χ2v) is 19.9. The number of fused-ring (bicyclic) bond motifs is 1. The fourth-order valence-electron chi connectivity index (χ4n) is 8.69. The third-order valence-electron chi connectivity index (χ3n) is 11.9. The van der Waals surface area contributed by atoms with E-state index in [4.69, 9.17) is 42.5 Å². The molecular weight excluding hydrogens is 820 g/mol. The molecule has 0 bridgehead atoms. The van der Waals surface area contributed by atoms with E-state index in [1.54, 1.807) is 27.5 Å². The minimum atomic E-state index is -3.75. The first-order valence-corrected chi connectivity index (χ1v) is 24.0. The lowest BCUT2D eigenvalue weighted by molar-refractivity contribution is -0.0991. The molecule has 1 unspecified atom stereocenters. The molecular formula is C45H55N4O10PS. The molecule has 14 nitrogen and oxygen atoms in total. The van der Waals surface area contributed by atoms with Crippen LogP contribution >= 0.6 is 18.2 Å². The number of methoxy groups -OCH3 is 3. The summed E-state index contributed by atoms with van der Waals surface area (Å²) in [6.45, 7) is -0.681. The predicted octanol–water partition coefficient (Wildman–Crippen LogP) is 7.83. The molecule has 3 aromatic carbocycles. The van der Waals surface area contributed by atoms with Gasteiger partial charge in [0.05, 0.1) is 40.1 Å². The van der Waals surface area contributed by atoms with Crippen molar-refractivity contribution < 1.29 is 42.0 Å². The van der Waals surface area contributed by atoms with Crippen molar-refractivity contribution in [3.8, 4) is 11.5 Å². The van der Waals surface area contributed by atoms with Crippen LogP contribution in [-0.4, -0.2) is 105 Å². The second-order valence-electron chi connectivity index (χ2n) is 15.8. The summed E-state index contributed by atoms with van der Waals surface area (Å²) in [7, 11) is 6.83. The van der Waals surface area contributed by atoms with Gasteiger partial charge in [0.25, 0.3) is 0 Å². The first-order chi connectivity index (χ1) is 29.6. The summed E-state index contributed by atoms with van der Waals surface area (Å²) >= 11 is 1.27. The Morgan fingerprint density at radius 3 is 2.18 bits per heavy atom. The summed E-state index contributed by atoms with van der Waals surface area (Å²) in [4.78, 5) is 25.4. The molecule has 0 N–H and O–H groups in total. The summed E-state index contributed by atoms with van der Waals surface area (Å²) in [6.07, 6.45) is 3.11. The average molecular weight is 875 g/mol. The van der Waals surface area contributed by atoms with Gasteiger partial charge >= 0.3 is 12.5 Å². The maximum atomic E-state index is 14.8. The molecule has 0 spiro atoms. The Kier molecular flexibility index (Phi) is 13.7. The van der Waals surface area contributed by atoms with Crippen molar-refractivity contribution in [3.05, 3.63) is 118 Å². The zero-order valence-corrected chi connectivity index (χ0v) is 37.1. The second kappa shape index (κ2) is 19.1. The highest BCUT2D eigenvalue weighted by Crippen LogP contribution is 2.72. The van der Waals surface area contributed by atoms with E-state index in [0.717, 1.165) is 67.6 Å². The van der Waals surface area contributed by atoms with Crippen LogP contribution in [0.25, 0.3) is 0 Å². The number of hydrogen-bond donors (Lipinski definition) is 0. The third-order valence-corrected chi connectivity index (χ3v) is 16.1. The zero-order valence-electron chi connectivity index (χ0n) is 35.3. The molecule has 61 heavy (non-hydrogen) atoms. The maximum Gasteiger partial charge on any atom is 0.390 e. The molecule has 4 aromatic rings. The van der Waals surface area contributed by atoms with Crippen LogP contribution in [-0.2, 0) is 38.2 Å². The van der Waals surface area contributed by atoms with E-state index in [2.05, 4.69) is 9.88 Å². The van der Waals surface area contributed by atoms with Crippen molar-refractivity contribution in [2.24, 2.45) is 4.99 Å². The van der Waals surface area contributed by atoms with E-state index in [1.807, 2.05) is 92.8 Å². The van der Waals surface area contributed by atoms with Crippen LogP contribution in [0.2, 0.25) is 0 Å². The Balaban J connectivity index is 1.22. The first-order valence-electron chi connectivity index (χ1n) is 20.9. The normalized spacial score (nSPS) is 27.1. The SMILES string of the molecule is COCCO[C@@H]1[C@H](OP2(=O)O[C@@H]3CCCC[C@H]3S2)[C@@H](COC(c2ccccc2)(c2ccc(OC)cc2)c2ccc(OC)cc2)O[C@H]1n1cc(C)c(/N=C2\CCCN2C)nc1=O. The fourth-order valence-corrected chi connectivity index (χ4v) is 13.6. The van der Waals surface area contributed by atoms with E-state index in [9.17, 15) is 9.36 Å². The average Bonchev–Trinajstić information content (AvgIpc) is 3.96. The van der Waals surface area contributed by atoms with E-state index < -0.39 is 42.6 Å². The lowest BCUT2D eigenvalue weighted by Crippen LogP contribution is -2.42. The number of rotatable bonds is 16. The van der Waals surface area contributed by atoms with E-state index in [1.165, 1.54) is 15.9 Å². The van der Waals surface area contributed by atoms with Crippen molar-refractivity contribution in [2.45, 2.75) is 86.9 Å². The Hall–Kier alpha value is -4.05. The standard InChI is InChI=1S/C45H55N4O10PS/c1-30-28-49(44(50)47-42(30)46-39-16-11-25-48(39)2)43-41(55-27-26-52-3)40(59-60(51)58-36-14-9-10-15-38(36)61-60)37(57-43)29-56-45(31-12-7-6-8-13-31,32-17-21-34(53-4)22-18-32)33-19-23-35(54-5)24-20-33/h6-8,12-13,17-24,28,36-38,40-41,43H,9-11,14-16,25-27,29H2,1-5H3/b46-39+/t36-,37-,38-,40-,41-,43-,60?/m1/s1. The van der Waals surface area contributed by atoms with Crippen LogP contribution in [0, 0.1) is 6.92 Å². The molecule has 326 valence electrons. The quantitative estimate of drug-likeness (QED) is 0.0614. The van der Waals surface area contributed by atoms with E-state index in [0.29, 0.717) is 22.9 Å². The van der Waals surface area contributed by atoms with Gasteiger partial charge in [-0.25, -0.2) is 14.4 Å². The molecule has 4 aliphatic rings. The van der Waals surface area contributed by atoms with Crippen LogP contribution < -0.4 is 15.2 Å². The lowest BCUT2D eigenvalue weighted by Gasteiger charge is -2.37. The minimum absolute atomic E-state index is 0.0543. The molecule has 7 atom stereocenters. The van der Waals surface area contributed by atoms with Gasteiger partial charge in [-0.05, 0) is 78.5 Å². The number of aliphatic imine (C=N–C) groups is 1. The number of benzene rings is 3. The molecule has 8 rings (SSSR count). The predicted molar refractivity (Wildman–Crippen MR) is 233 cm³/mol. The summed E-state index contributed by atoms with van der Waals surface area (Å²) < 4.78 is 66.5. The monoisotopic (exact) mass is 874 g/mol. The number of hydrogen-bond acceptors (Lipinski definition) is 13. The van der Waals surface area contributed by atoms with Crippen LogP contribution in [0.5, 0.6) is 11.5 Å². The Morgan fingerprint density at radius 1 is 0.885 bits per heavy atom. The summed E-state index contributed by atoms with van der Waals surface area (Å²) in [5.41, 5.74) is 1.37. The van der Waals surface area contributed by atoms with Gasteiger partial charge in [-0.3, -0.25) is 13.6 Å². The van der Waals surface area contributed by atoms with Gasteiger partial charge in [0, 0.05) is 44.1 Å². The number of aryl methyl sites for hydroxylation is 1. The zero-order chi connectivity index (χ0) is 42.6. The largest absolute Gasteiger partial charge is 0.497 e. The molecule has 0 radical (unpaired) electrons. The highest BCUT2D eigenvalue weighted by Gasteiger charge is 2.55. The van der Waals surface area contributed by atoms with Crippen LogP contribution in [0.4, 0.5) is 5.82 Å². The molecule has 4 heterocycles. The van der Waals surface area contributed by atoms with Gasteiger partial charge in [0.15, 0.2) is 12.0 Å². The molecule has 16 heteroatoms. The van der Waals surface area contributed by atoms with E-state index >= 15 is 0 Å². The summed E-state index contributed by atoms with van der Waals surface area (Å²) in [5.74, 6) is 2.61. The first kappa shape index (κ1) is 43.6. The van der Waals surface area contributed by atoms with E-state index in [-0.39, 0.29) is 31.2 Å². The van der Waals surface area contributed by atoms with Crippen LogP contribution in [0.3, 0.4) is 0 Å². The Bertz CT molecular complexity index is 2180. The summed E-state index contributed by atoms with van der Waals surface area (Å²) in [6, 6.07) is 25.4. The van der Waals surface area contributed by atoms with Crippen molar-refractivity contribution in [2.75, 3.05) is 54.7 Å². The minimum Gasteiger partial charge on any atom is -0.497 e. The number of ether oxygens (including phenoxy) is 6. The lowest BCUT2D eigenvalue weighted by atomic mass is 9.80. The molecule has 1 aromatic heterocycles. The topological polar surface area (TPSA) is 141 Å². The highest BCUT2D eigenvalue weighted by molar-refractivity contribution is 8.55. The van der Waals surface area contributed by atoms with Crippen LogP contribution in [0.1, 0.15) is 67.0 Å². The number of aromatic nitrogens is 2. The molecule has 3 aliphatic heterocycles. The molecule has 4 fully saturated rings. The van der Waals surface area contributed by atoms with Gasteiger partial charge in [-0.2, -0.15) is 4.98 Å². The number of likely N-dealkylation sites (tertiary alicyclic amines) is 1. The van der Waals surface area contributed by atoms with Crippen molar-refractivity contribution in [3.63, 3.8) is 0 Å². The summed E-state index contributed by atoms with van der Waals surface area (Å²) in [5, 5.41) is 0.0543. The smallest absolute Gasteiger partial charge is 0.390 e. The van der Waals surface area contributed by atoms with Crippen molar-refractivity contribution in [1.29, 1.82) is 0 Å². The highest BCUT2D eigenvalue weighted by atomic mass is 32.7. The van der Waals surface area contributed by atoms with Gasteiger partial charge < -0.3 is 33.3 Å².